The summed E-state index contributed by atoms with van der Waals surface area (Å²) in [6.45, 7) is 5.61. The molecule has 0 bridgehead atoms. The Morgan fingerprint density at radius 1 is 1.03 bits per heavy atom. The second kappa shape index (κ2) is 9.99. The smallest absolute Gasteiger partial charge is 0.228 e. The van der Waals surface area contributed by atoms with Gasteiger partial charge >= 0.3 is 0 Å². The third-order valence-corrected chi connectivity index (χ3v) is 6.45. The SMILES string of the molecule is CCNC(=O)[C@@]1(Cc2ccc(-c3cccnc3)cc2)CCN(C(=O)Cc2cccc(C)c2)C1. The lowest BCUT2D eigenvalue weighted by molar-refractivity contribution is -0.132. The van der Waals surface area contributed by atoms with Gasteiger partial charge in [-0.15, -0.1) is 0 Å². The van der Waals surface area contributed by atoms with Crippen LogP contribution in [-0.4, -0.2) is 41.3 Å². The van der Waals surface area contributed by atoms with E-state index in [1.165, 1.54) is 0 Å². The van der Waals surface area contributed by atoms with Crippen molar-refractivity contribution in [3.63, 3.8) is 0 Å². The van der Waals surface area contributed by atoms with Crippen LogP contribution in [0.3, 0.4) is 0 Å². The molecule has 0 aliphatic carbocycles. The van der Waals surface area contributed by atoms with E-state index in [0.717, 1.165) is 27.8 Å². The van der Waals surface area contributed by atoms with Crippen LogP contribution in [0.1, 0.15) is 30.0 Å². The van der Waals surface area contributed by atoms with Crippen LogP contribution in [0.4, 0.5) is 0 Å². The molecule has 1 atom stereocenters. The number of rotatable bonds is 7. The first-order chi connectivity index (χ1) is 16.0. The molecule has 0 unspecified atom stereocenters. The molecular formula is C28H31N3O2. The lowest BCUT2D eigenvalue weighted by Gasteiger charge is -2.28. The molecule has 2 aromatic carbocycles. The van der Waals surface area contributed by atoms with Crippen molar-refractivity contribution in [3.05, 3.63) is 89.7 Å². The Balaban J connectivity index is 1.50. The van der Waals surface area contributed by atoms with Crippen LogP contribution in [-0.2, 0) is 22.4 Å². The minimum Gasteiger partial charge on any atom is -0.356 e. The van der Waals surface area contributed by atoms with Crippen LogP contribution in [0, 0.1) is 12.3 Å². The fraction of sp³-hybridized carbons (Fsp3) is 0.321. The molecule has 5 heteroatoms. The predicted octanol–water partition coefficient (Wildman–Crippen LogP) is 4.20. The van der Waals surface area contributed by atoms with E-state index in [0.29, 0.717) is 38.9 Å². The summed E-state index contributed by atoms with van der Waals surface area (Å²) in [4.78, 5) is 32.3. The highest BCUT2D eigenvalue weighted by Crippen LogP contribution is 2.35. The summed E-state index contributed by atoms with van der Waals surface area (Å²) < 4.78 is 0. The van der Waals surface area contributed by atoms with E-state index >= 15 is 0 Å². The minimum absolute atomic E-state index is 0.0344. The van der Waals surface area contributed by atoms with Crippen LogP contribution < -0.4 is 5.32 Å². The van der Waals surface area contributed by atoms with E-state index in [2.05, 4.69) is 40.6 Å². The van der Waals surface area contributed by atoms with Crippen molar-refractivity contribution in [2.75, 3.05) is 19.6 Å². The van der Waals surface area contributed by atoms with Gasteiger partial charge in [-0.3, -0.25) is 14.6 Å². The quantitative estimate of drug-likeness (QED) is 0.598. The van der Waals surface area contributed by atoms with Gasteiger partial charge in [-0.25, -0.2) is 0 Å². The number of nitrogens with one attached hydrogen (secondary N) is 1. The van der Waals surface area contributed by atoms with Gasteiger partial charge in [0.25, 0.3) is 0 Å². The summed E-state index contributed by atoms with van der Waals surface area (Å²) in [5, 5.41) is 3.02. The van der Waals surface area contributed by atoms with Crippen LogP contribution >= 0.6 is 0 Å². The first-order valence-corrected chi connectivity index (χ1v) is 11.6. The number of pyridine rings is 1. The summed E-state index contributed by atoms with van der Waals surface area (Å²) in [7, 11) is 0. The summed E-state index contributed by atoms with van der Waals surface area (Å²) >= 11 is 0. The van der Waals surface area contributed by atoms with Crippen LogP contribution in [0.2, 0.25) is 0 Å². The third kappa shape index (κ3) is 5.30. The average molecular weight is 442 g/mol. The highest BCUT2D eigenvalue weighted by Gasteiger charge is 2.45. The second-order valence-electron chi connectivity index (χ2n) is 8.99. The summed E-state index contributed by atoms with van der Waals surface area (Å²) in [5.74, 6) is 0.117. The zero-order chi connectivity index (χ0) is 23.3. The zero-order valence-corrected chi connectivity index (χ0v) is 19.4. The molecule has 0 saturated carbocycles. The topological polar surface area (TPSA) is 62.3 Å². The van der Waals surface area contributed by atoms with Crippen molar-refractivity contribution in [3.8, 4) is 11.1 Å². The second-order valence-corrected chi connectivity index (χ2v) is 8.99. The average Bonchev–Trinajstić information content (AvgIpc) is 3.26. The molecule has 5 nitrogen and oxygen atoms in total. The maximum Gasteiger partial charge on any atom is 0.228 e. The molecule has 0 spiro atoms. The van der Waals surface area contributed by atoms with Crippen molar-refractivity contribution in [2.45, 2.75) is 33.1 Å². The maximum atomic E-state index is 13.2. The van der Waals surface area contributed by atoms with Crippen molar-refractivity contribution in [1.29, 1.82) is 0 Å². The molecule has 1 fully saturated rings. The van der Waals surface area contributed by atoms with Gasteiger partial charge in [0.1, 0.15) is 0 Å². The molecule has 2 heterocycles. The summed E-state index contributed by atoms with van der Waals surface area (Å²) in [6.07, 6.45) is 5.26. The number of hydrogen-bond acceptors (Lipinski definition) is 3. The molecule has 2 amide bonds. The van der Waals surface area contributed by atoms with Crippen molar-refractivity contribution in [2.24, 2.45) is 5.41 Å². The maximum absolute atomic E-state index is 13.2. The Labute approximate surface area is 195 Å². The van der Waals surface area contributed by atoms with Gasteiger partial charge in [0.2, 0.25) is 11.8 Å². The van der Waals surface area contributed by atoms with Gasteiger partial charge in [-0.05, 0) is 55.0 Å². The number of benzene rings is 2. The monoisotopic (exact) mass is 441 g/mol. The van der Waals surface area contributed by atoms with Crippen molar-refractivity contribution < 1.29 is 9.59 Å². The molecule has 1 aromatic heterocycles. The molecule has 1 aliphatic rings. The Bertz CT molecular complexity index is 1110. The molecule has 33 heavy (non-hydrogen) atoms. The Kier molecular flexibility index (Phi) is 6.87. The van der Waals surface area contributed by atoms with Crippen LogP contribution in [0.15, 0.2) is 73.1 Å². The first-order valence-electron chi connectivity index (χ1n) is 11.6. The lowest BCUT2D eigenvalue weighted by atomic mass is 9.79. The number of carbonyl (C=O) groups is 2. The highest BCUT2D eigenvalue weighted by atomic mass is 16.2. The number of carbonyl (C=O) groups excluding carboxylic acids is 2. The fourth-order valence-electron chi connectivity index (χ4n) is 4.69. The predicted molar refractivity (Wildman–Crippen MR) is 131 cm³/mol. The first kappa shape index (κ1) is 22.7. The number of aromatic nitrogens is 1. The van der Waals surface area contributed by atoms with E-state index in [4.69, 9.17) is 0 Å². The van der Waals surface area contributed by atoms with Crippen LogP contribution in [0.5, 0.6) is 0 Å². The Morgan fingerprint density at radius 3 is 2.55 bits per heavy atom. The van der Waals surface area contributed by atoms with Gasteiger partial charge in [-0.2, -0.15) is 0 Å². The Hall–Kier alpha value is -3.47. The zero-order valence-electron chi connectivity index (χ0n) is 19.4. The van der Waals surface area contributed by atoms with E-state index in [-0.39, 0.29) is 11.8 Å². The standard InChI is InChI=1S/C28H31N3O2/c1-3-30-27(33)28(18-22-9-11-24(12-10-22)25-8-5-14-29-19-25)13-15-31(20-28)26(32)17-23-7-4-6-21(2)16-23/h4-12,14,16,19H,3,13,15,17-18,20H2,1-2H3,(H,30,33)/t28-/m1/s1. The lowest BCUT2D eigenvalue weighted by Crippen LogP contribution is -2.45. The van der Waals surface area contributed by atoms with Crippen molar-refractivity contribution >= 4 is 11.8 Å². The van der Waals surface area contributed by atoms with Crippen LogP contribution in [0.25, 0.3) is 11.1 Å². The minimum atomic E-state index is -0.603. The number of amides is 2. The van der Waals surface area contributed by atoms with Gasteiger partial charge in [0.05, 0.1) is 11.8 Å². The van der Waals surface area contributed by atoms with E-state index in [1.54, 1.807) is 6.20 Å². The normalized spacial score (nSPS) is 17.7. The molecule has 0 radical (unpaired) electrons. The third-order valence-electron chi connectivity index (χ3n) is 6.45. The molecule has 1 aliphatic heterocycles. The van der Waals surface area contributed by atoms with Gasteiger partial charge in [0, 0.05) is 32.0 Å². The molecular weight excluding hydrogens is 410 g/mol. The highest BCUT2D eigenvalue weighted by molar-refractivity contribution is 5.86. The van der Waals surface area contributed by atoms with Gasteiger partial charge in [-0.1, -0.05) is 60.2 Å². The van der Waals surface area contributed by atoms with E-state index in [1.807, 2.05) is 55.3 Å². The van der Waals surface area contributed by atoms with Gasteiger partial charge < -0.3 is 10.2 Å². The summed E-state index contributed by atoms with van der Waals surface area (Å²) in [6, 6.07) is 20.3. The van der Waals surface area contributed by atoms with E-state index in [9.17, 15) is 9.59 Å². The van der Waals surface area contributed by atoms with Gasteiger partial charge in [0.15, 0.2) is 0 Å². The number of likely N-dealkylation sites (tertiary alicyclic amines) is 1. The van der Waals surface area contributed by atoms with Crippen molar-refractivity contribution in [1.82, 2.24) is 15.2 Å². The molecule has 1 saturated heterocycles. The largest absolute Gasteiger partial charge is 0.356 e. The Morgan fingerprint density at radius 2 is 1.85 bits per heavy atom. The summed E-state index contributed by atoms with van der Waals surface area (Å²) in [5.41, 5.74) is 4.82. The molecule has 4 rings (SSSR count). The fourth-order valence-corrected chi connectivity index (χ4v) is 4.69. The number of nitrogens with zero attached hydrogens (tertiary/aromatic N) is 2. The molecule has 1 N–H and O–H groups in total. The number of hydrogen-bond donors (Lipinski definition) is 1. The molecule has 170 valence electrons. The molecule has 3 aromatic rings. The van der Waals surface area contributed by atoms with E-state index < -0.39 is 5.41 Å². The number of aryl methyl sites for hydroxylation is 1.